The molecule has 3 aliphatic rings. The SMILES string of the molecule is C=C(CCC12CCN(CC1)CC2)c1c[nH]c2cccc(Cl)c12. The molecule has 4 heterocycles. The molecule has 3 saturated heterocycles. The molecule has 2 nitrogen and oxygen atoms in total. The molecule has 0 spiro atoms. The van der Waals surface area contributed by atoms with Crippen LogP contribution in [-0.4, -0.2) is 29.5 Å². The van der Waals surface area contributed by atoms with Gasteiger partial charge in [0.2, 0.25) is 0 Å². The van der Waals surface area contributed by atoms with Crippen LogP contribution in [0.5, 0.6) is 0 Å². The highest BCUT2D eigenvalue weighted by Crippen LogP contribution is 2.45. The molecule has 1 N–H and O–H groups in total. The second kappa shape index (κ2) is 5.43. The highest BCUT2D eigenvalue weighted by atomic mass is 35.5. The van der Waals surface area contributed by atoms with E-state index in [1.165, 1.54) is 56.5 Å². The Morgan fingerprint density at radius 3 is 2.68 bits per heavy atom. The second-order valence-corrected chi connectivity index (χ2v) is 7.47. The third kappa shape index (κ3) is 2.39. The van der Waals surface area contributed by atoms with E-state index in [2.05, 4.69) is 28.7 Å². The predicted molar refractivity (Wildman–Crippen MR) is 94.3 cm³/mol. The van der Waals surface area contributed by atoms with Crippen molar-refractivity contribution in [2.45, 2.75) is 32.1 Å². The Hall–Kier alpha value is -1.25. The van der Waals surface area contributed by atoms with Crippen LogP contribution < -0.4 is 0 Å². The van der Waals surface area contributed by atoms with E-state index in [-0.39, 0.29) is 0 Å². The molecule has 22 heavy (non-hydrogen) atoms. The van der Waals surface area contributed by atoms with E-state index in [1.807, 2.05) is 12.1 Å². The molecule has 1 aromatic carbocycles. The fourth-order valence-corrected chi connectivity index (χ4v) is 4.52. The first-order valence-corrected chi connectivity index (χ1v) is 8.71. The van der Waals surface area contributed by atoms with Crippen LogP contribution in [-0.2, 0) is 0 Å². The first kappa shape index (κ1) is 14.3. The van der Waals surface area contributed by atoms with Gasteiger partial charge in [-0.25, -0.2) is 0 Å². The molecule has 1 aromatic heterocycles. The van der Waals surface area contributed by atoms with Gasteiger partial charge in [-0.2, -0.15) is 0 Å². The van der Waals surface area contributed by atoms with Crippen molar-refractivity contribution in [3.63, 3.8) is 0 Å². The molecule has 0 atom stereocenters. The lowest BCUT2D eigenvalue weighted by molar-refractivity contribution is 0.0211. The van der Waals surface area contributed by atoms with E-state index in [4.69, 9.17) is 11.6 Å². The molecule has 0 radical (unpaired) electrons. The van der Waals surface area contributed by atoms with Crippen LogP contribution in [0.15, 0.2) is 31.0 Å². The van der Waals surface area contributed by atoms with Gasteiger partial charge in [0.1, 0.15) is 0 Å². The monoisotopic (exact) mass is 314 g/mol. The van der Waals surface area contributed by atoms with Gasteiger partial charge in [0.25, 0.3) is 0 Å². The first-order valence-electron chi connectivity index (χ1n) is 8.33. The predicted octanol–water partition coefficient (Wildman–Crippen LogP) is 5.10. The van der Waals surface area contributed by atoms with Crippen molar-refractivity contribution in [1.82, 2.24) is 9.88 Å². The number of nitrogens with one attached hydrogen (secondary N) is 1. The molecule has 0 saturated carbocycles. The van der Waals surface area contributed by atoms with Gasteiger partial charge in [0, 0.05) is 22.7 Å². The topological polar surface area (TPSA) is 19.0 Å². The number of rotatable bonds is 4. The van der Waals surface area contributed by atoms with Crippen molar-refractivity contribution in [2.75, 3.05) is 19.6 Å². The molecule has 0 amide bonds. The Bertz CT molecular complexity index is 694. The number of hydrogen-bond donors (Lipinski definition) is 1. The van der Waals surface area contributed by atoms with Crippen LogP contribution in [0.3, 0.4) is 0 Å². The summed E-state index contributed by atoms with van der Waals surface area (Å²) >= 11 is 6.39. The van der Waals surface area contributed by atoms with E-state index < -0.39 is 0 Å². The maximum absolute atomic E-state index is 6.39. The Labute approximate surface area is 137 Å². The molecule has 3 aliphatic heterocycles. The lowest BCUT2D eigenvalue weighted by Gasteiger charge is -2.48. The maximum atomic E-state index is 6.39. The summed E-state index contributed by atoms with van der Waals surface area (Å²) in [5, 5.41) is 1.95. The summed E-state index contributed by atoms with van der Waals surface area (Å²) in [6.07, 6.45) is 8.54. The molecule has 0 unspecified atom stereocenters. The summed E-state index contributed by atoms with van der Waals surface area (Å²) in [5.74, 6) is 0. The third-order valence-electron chi connectivity index (χ3n) is 5.87. The van der Waals surface area contributed by atoms with Crippen LogP contribution in [0.25, 0.3) is 16.5 Å². The standard InChI is InChI=1S/C19H23ClN2/c1-14(5-6-19-7-10-22(11-8-19)12-9-19)15-13-21-17-4-2-3-16(20)18(15)17/h2-4,13,21H,1,5-12H2. The van der Waals surface area contributed by atoms with Gasteiger partial charge in [-0.3, -0.25) is 0 Å². The van der Waals surface area contributed by atoms with E-state index in [1.54, 1.807) is 0 Å². The largest absolute Gasteiger partial charge is 0.361 e. The number of halogens is 1. The number of hydrogen-bond acceptors (Lipinski definition) is 1. The van der Waals surface area contributed by atoms with Gasteiger partial charge in [-0.1, -0.05) is 24.2 Å². The van der Waals surface area contributed by atoms with E-state index in [0.29, 0.717) is 5.41 Å². The number of allylic oxidation sites excluding steroid dienone is 1. The van der Waals surface area contributed by atoms with Crippen molar-refractivity contribution in [1.29, 1.82) is 0 Å². The zero-order chi connectivity index (χ0) is 15.2. The fourth-order valence-electron chi connectivity index (χ4n) is 4.24. The second-order valence-electron chi connectivity index (χ2n) is 7.06. The van der Waals surface area contributed by atoms with E-state index >= 15 is 0 Å². The number of piperidine rings is 3. The van der Waals surface area contributed by atoms with Gasteiger partial charge < -0.3 is 9.88 Å². The normalized spacial score (nSPS) is 27.4. The lowest BCUT2D eigenvalue weighted by Crippen LogP contribution is -2.48. The highest BCUT2D eigenvalue weighted by molar-refractivity contribution is 6.36. The minimum atomic E-state index is 0.577. The van der Waals surface area contributed by atoms with Crippen molar-refractivity contribution in [2.24, 2.45) is 5.41 Å². The first-order chi connectivity index (χ1) is 10.7. The van der Waals surface area contributed by atoms with Crippen LogP contribution in [0.2, 0.25) is 5.02 Å². The van der Waals surface area contributed by atoms with Crippen LogP contribution in [0, 0.1) is 5.41 Å². The van der Waals surface area contributed by atoms with Crippen LogP contribution in [0.4, 0.5) is 0 Å². The summed E-state index contributed by atoms with van der Waals surface area (Å²) in [4.78, 5) is 5.93. The zero-order valence-electron chi connectivity index (χ0n) is 13.0. The summed E-state index contributed by atoms with van der Waals surface area (Å²) in [5.41, 5.74) is 4.10. The van der Waals surface area contributed by atoms with Gasteiger partial charge in [0.05, 0.1) is 5.02 Å². The number of aromatic amines is 1. The number of nitrogens with zero attached hydrogens (tertiary/aromatic N) is 1. The molecule has 5 rings (SSSR count). The zero-order valence-corrected chi connectivity index (χ0v) is 13.8. The van der Waals surface area contributed by atoms with Crippen LogP contribution in [0.1, 0.15) is 37.7 Å². The Balaban J connectivity index is 1.52. The molecule has 3 heteroatoms. The number of benzene rings is 1. The lowest BCUT2D eigenvalue weighted by atomic mass is 9.68. The van der Waals surface area contributed by atoms with Gasteiger partial charge in [0.15, 0.2) is 0 Å². The highest BCUT2D eigenvalue weighted by Gasteiger charge is 2.38. The molecular weight excluding hydrogens is 292 g/mol. The van der Waals surface area contributed by atoms with Gasteiger partial charge in [-0.15, -0.1) is 0 Å². The average molecular weight is 315 g/mol. The van der Waals surface area contributed by atoms with E-state index in [9.17, 15) is 0 Å². The Morgan fingerprint density at radius 2 is 1.95 bits per heavy atom. The summed E-state index contributed by atoms with van der Waals surface area (Å²) in [7, 11) is 0. The fraction of sp³-hybridized carbons (Fsp3) is 0.474. The Morgan fingerprint density at radius 1 is 1.23 bits per heavy atom. The Kier molecular flexibility index (Phi) is 3.54. The van der Waals surface area contributed by atoms with Crippen LogP contribution >= 0.6 is 11.6 Å². The quantitative estimate of drug-likeness (QED) is 0.831. The van der Waals surface area contributed by atoms with Crippen molar-refractivity contribution < 1.29 is 0 Å². The summed E-state index contributed by atoms with van der Waals surface area (Å²) in [6, 6.07) is 6.03. The number of H-pyrrole nitrogens is 1. The van der Waals surface area contributed by atoms with Crippen molar-refractivity contribution in [3.8, 4) is 0 Å². The molecule has 3 fully saturated rings. The maximum Gasteiger partial charge on any atom is 0.0505 e. The molecule has 2 aromatic rings. The van der Waals surface area contributed by atoms with Crippen molar-refractivity contribution in [3.05, 3.63) is 41.6 Å². The number of aromatic nitrogens is 1. The minimum absolute atomic E-state index is 0.577. The van der Waals surface area contributed by atoms with Crippen molar-refractivity contribution >= 4 is 28.1 Å². The minimum Gasteiger partial charge on any atom is -0.361 e. The van der Waals surface area contributed by atoms with E-state index in [0.717, 1.165) is 22.3 Å². The smallest absolute Gasteiger partial charge is 0.0505 e. The summed E-state index contributed by atoms with van der Waals surface area (Å²) in [6.45, 7) is 8.25. The van der Waals surface area contributed by atoms with Gasteiger partial charge in [-0.05, 0) is 74.9 Å². The molecular formula is C19H23ClN2. The molecule has 116 valence electrons. The summed E-state index contributed by atoms with van der Waals surface area (Å²) < 4.78 is 0. The number of fused-ring (bicyclic) bond motifs is 4. The molecule has 0 aliphatic carbocycles. The van der Waals surface area contributed by atoms with Gasteiger partial charge >= 0.3 is 0 Å². The third-order valence-corrected chi connectivity index (χ3v) is 6.18. The molecule has 2 bridgehead atoms. The average Bonchev–Trinajstić information content (AvgIpc) is 3.00.